The van der Waals surface area contributed by atoms with Gasteiger partial charge in [0.25, 0.3) is 0 Å². The van der Waals surface area contributed by atoms with Crippen LogP contribution in [0, 0.1) is 31.3 Å². The lowest BCUT2D eigenvalue weighted by molar-refractivity contribution is 0.397. The molecule has 54 heavy (non-hydrogen) atoms. The van der Waals surface area contributed by atoms with E-state index < -0.39 is 17.5 Å². The predicted molar refractivity (Wildman–Crippen MR) is 233 cm³/mol. The van der Waals surface area contributed by atoms with Gasteiger partial charge in [0.2, 0.25) is 0 Å². The number of unbranched alkanes of at least 4 members (excludes halogenated alkanes) is 26. The molecule has 0 unspecified atom stereocenters. The van der Waals surface area contributed by atoms with Crippen molar-refractivity contribution >= 4 is 22.7 Å². The fourth-order valence-electron chi connectivity index (χ4n) is 9.00. The fraction of sp³-hybridized carbons (Fsp3) is 0.714. The minimum Gasteiger partial charge on any atom is -0.207 e. The molecule has 0 radical (unpaired) electrons. The van der Waals surface area contributed by atoms with Crippen LogP contribution in [-0.2, 0) is 5.41 Å². The zero-order valence-electron chi connectivity index (χ0n) is 34.9. The Kier molecular flexibility index (Phi) is 20.8. The summed E-state index contributed by atoms with van der Waals surface area (Å²) in [5.74, 6) is -2.68. The highest BCUT2D eigenvalue weighted by Crippen LogP contribution is 2.60. The molecule has 0 saturated heterocycles. The second kappa shape index (κ2) is 24.9. The van der Waals surface area contributed by atoms with E-state index in [0.29, 0.717) is 4.88 Å². The van der Waals surface area contributed by atoms with Crippen LogP contribution in [0.5, 0.6) is 0 Å². The van der Waals surface area contributed by atoms with Crippen LogP contribution in [-0.4, -0.2) is 0 Å². The molecular formula is C49H75F3S2. The van der Waals surface area contributed by atoms with Gasteiger partial charge in [-0.05, 0) is 56.0 Å². The summed E-state index contributed by atoms with van der Waals surface area (Å²) in [7, 11) is 0. The van der Waals surface area contributed by atoms with Crippen molar-refractivity contribution in [1.29, 1.82) is 0 Å². The zero-order valence-corrected chi connectivity index (χ0v) is 36.5. The smallest absolute Gasteiger partial charge is 0.167 e. The Morgan fingerprint density at radius 1 is 0.444 bits per heavy atom. The van der Waals surface area contributed by atoms with Crippen LogP contribution < -0.4 is 0 Å². The summed E-state index contributed by atoms with van der Waals surface area (Å²) in [6, 6.07) is 5.74. The molecular weight excluding hydrogens is 710 g/mol. The Morgan fingerprint density at radius 3 is 1.24 bits per heavy atom. The average Bonchev–Trinajstić information content (AvgIpc) is 3.84. The number of rotatable bonds is 31. The molecule has 0 saturated carbocycles. The summed E-state index contributed by atoms with van der Waals surface area (Å²) < 4.78 is 44.9. The summed E-state index contributed by atoms with van der Waals surface area (Å²) >= 11 is 3.37. The molecule has 0 N–H and O–H groups in total. The lowest BCUT2D eigenvalue weighted by atomic mass is 9.71. The molecule has 0 atom stereocenters. The van der Waals surface area contributed by atoms with E-state index in [0.717, 1.165) is 12.8 Å². The molecule has 1 aliphatic rings. The minimum atomic E-state index is -1.07. The van der Waals surface area contributed by atoms with E-state index in [2.05, 4.69) is 32.9 Å². The highest BCUT2D eigenvalue weighted by molar-refractivity contribution is 7.24. The van der Waals surface area contributed by atoms with Crippen LogP contribution in [0.1, 0.15) is 228 Å². The third-order valence-electron chi connectivity index (χ3n) is 12.4. The quantitative estimate of drug-likeness (QED) is 0.0450. The van der Waals surface area contributed by atoms with Gasteiger partial charge in [-0.25, -0.2) is 13.2 Å². The zero-order chi connectivity index (χ0) is 38.6. The molecule has 304 valence electrons. The van der Waals surface area contributed by atoms with Crippen LogP contribution in [0.15, 0.2) is 18.2 Å². The van der Waals surface area contributed by atoms with E-state index in [1.54, 1.807) is 0 Å². The number of benzene rings is 1. The van der Waals surface area contributed by atoms with Gasteiger partial charge >= 0.3 is 0 Å². The van der Waals surface area contributed by atoms with Gasteiger partial charge in [-0.15, -0.1) is 22.7 Å². The lowest BCUT2D eigenvalue weighted by Crippen LogP contribution is -2.25. The fourth-order valence-corrected chi connectivity index (χ4v) is 11.5. The second-order valence-electron chi connectivity index (χ2n) is 16.9. The van der Waals surface area contributed by atoms with E-state index in [4.69, 9.17) is 0 Å². The van der Waals surface area contributed by atoms with Gasteiger partial charge in [0, 0.05) is 36.1 Å². The van der Waals surface area contributed by atoms with E-state index in [9.17, 15) is 8.78 Å². The van der Waals surface area contributed by atoms with Crippen LogP contribution >= 0.6 is 22.7 Å². The highest BCUT2D eigenvalue weighted by Gasteiger charge is 2.45. The number of hydrogen-bond donors (Lipinski definition) is 0. The second-order valence-corrected chi connectivity index (χ2v) is 19.2. The van der Waals surface area contributed by atoms with Crippen molar-refractivity contribution in [3.05, 3.63) is 57.2 Å². The Morgan fingerprint density at radius 2 is 0.815 bits per heavy atom. The highest BCUT2D eigenvalue weighted by atomic mass is 32.1. The number of halogens is 3. The first kappa shape index (κ1) is 45.1. The summed E-state index contributed by atoms with van der Waals surface area (Å²) in [5.41, 5.74) is 2.46. The molecule has 4 rings (SSSR count). The molecule has 3 aromatic rings. The van der Waals surface area contributed by atoms with Crippen LogP contribution in [0.25, 0.3) is 20.2 Å². The van der Waals surface area contributed by atoms with Gasteiger partial charge in [-0.3, -0.25) is 0 Å². The SMILES string of the molecule is CCCCCCCCCCCCCCCCC1(CCCCCCCCCCCCCCCC)c2cc(C)sc2-c2sc(-c3cc(F)c(C)c(F)c3F)cc21. The molecule has 0 nitrogen and oxygen atoms in total. The van der Waals surface area contributed by atoms with Gasteiger partial charge in [0.15, 0.2) is 11.6 Å². The molecule has 1 aromatic carbocycles. The van der Waals surface area contributed by atoms with Gasteiger partial charge in [0.1, 0.15) is 5.82 Å². The van der Waals surface area contributed by atoms with Crippen LogP contribution in [0.2, 0.25) is 0 Å². The van der Waals surface area contributed by atoms with Crippen molar-refractivity contribution in [3.63, 3.8) is 0 Å². The van der Waals surface area contributed by atoms with E-state index >= 15 is 4.39 Å². The number of aryl methyl sites for hydroxylation is 1. The first-order chi connectivity index (χ1) is 26.3. The van der Waals surface area contributed by atoms with Crippen molar-refractivity contribution in [3.8, 4) is 20.2 Å². The largest absolute Gasteiger partial charge is 0.207 e. The van der Waals surface area contributed by atoms with Crippen molar-refractivity contribution < 1.29 is 13.2 Å². The first-order valence-electron chi connectivity index (χ1n) is 22.7. The monoisotopic (exact) mass is 785 g/mol. The Balaban J connectivity index is 1.33. The molecule has 5 heteroatoms. The lowest BCUT2D eigenvalue weighted by Gasteiger charge is -2.31. The molecule has 1 aliphatic carbocycles. The van der Waals surface area contributed by atoms with Crippen molar-refractivity contribution in [2.75, 3.05) is 0 Å². The van der Waals surface area contributed by atoms with Crippen LogP contribution in [0.4, 0.5) is 13.2 Å². The molecule has 0 bridgehead atoms. The Hall–Kier alpha value is -1.59. The summed E-state index contributed by atoms with van der Waals surface area (Å²) in [4.78, 5) is 4.47. The number of thiophene rings is 2. The predicted octanol–water partition coefficient (Wildman–Crippen LogP) is 18.5. The van der Waals surface area contributed by atoms with Gasteiger partial charge < -0.3 is 0 Å². The Labute approximate surface area is 337 Å². The van der Waals surface area contributed by atoms with Gasteiger partial charge in [-0.1, -0.05) is 194 Å². The normalized spacial score (nSPS) is 13.2. The van der Waals surface area contributed by atoms with Crippen LogP contribution in [0.3, 0.4) is 0 Å². The van der Waals surface area contributed by atoms with Crippen molar-refractivity contribution in [1.82, 2.24) is 0 Å². The molecule has 2 heterocycles. The van der Waals surface area contributed by atoms with E-state index in [1.807, 2.05) is 11.3 Å². The topological polar surface area (TPSA) is 0 Å². The first-order valence-corrected chi connectivity index (χ1v) is 24.4. The maximum absolute atomic E-state index is 15.3. The molecule has 0 amide bonds. The standard InChI is InChI=1S/C49H75F3S2/c1-5-7-9-11-13-15-17-19-21-23-25-27-29-31-33-49(34-32-30-28-26-24-22-20-18-16-14-12-10-8-6-2)41-35-38(3)53-47(41)48-42(49)37-44(54-48)40-36-43(50)39(4)45(51)46(40)52/h35-37H,5-34H2,1-4H3. The minimum absolute atomic E-state index is 0.0618. The van der Waals surface area contributed by atoms with E-state index in [-0.39, 0.29) is 16.5 Å². The average molecular weight is 785 g/mol. The molecule has 0 spiro atoms. The third-order valence-corrected chi connectivity index (χ3v) is 14.8. The summed E-state index contributed by atoms with van der Waals surface area (Å²) in [6.45, 7) is 8.08. The molecule has 0 fully saturated rings. The van der Waals surface area contributed by atoms with Crippen molar-refractivity contribution in [2.45, 2.75) is 226 Å². The molecule has 0 aliphatic heterocycles. The van der Waals surface area contributed by atoms with Gasteiger partial charge in [-0.2, -0.15) is 0 Å². The maximum Gasteiger partial charge on any atom is 0.167 e. The third kappa shape index (κ3) is 13.2. The van der Waals surface area contributed by atoms with Gasteiger partial charge in [0.05, 0.1) is 0 Å². The van der Waals surface area contributed by atoms with Crippen molar-refractivity contribution in [2.24, 2.45) is 0 Å². The summed E-state index contributed by atoms with van der Waals surface area (Å²) in [6.07, 6.45) is 39.9. The summed E-state index contributed by atoms with van der Waals surface area (Å²) in [5, 5.41) is 0. The maximum atomic E-state index is 15.3. The van der Waals surface area contributed by atoms with E-state index in [1.165, 1.54) is 230 Å². The Bertz CT molecular complexity index is 1450. The number of fused-ring (bicyclic) bond motifs is 3. The molecule has 2 aromatic heterocycles. The number of hydrogen-bond acceptors (Lipinski definition) is 2.